The van der Waals surface area contributed by atoms with Crippen molar-refractivity contribution in [2.45, 2.75) is 26.9 Å². The maximum atomic E-state index is 12.3. The molecule has 0 saturated heterocycles. The summed E-state index contributed by atoms with van der Waals surface area (Å²) >= 11 is 0. The average Bonchev–Trinajstić information content (AvgIpc) is 2.55. The summed E-state index contributed by atoms with van der Waals surface area (Å²) < 4.78 is 10.4. The lowest BCUT2D eigenvalue weighted by Gasteiger charge is -2.15. The first-order valence-corrected chi connectivity index (χ1v) is 7.64. The number of carbonyl (C=O) groups is 2. The quantitative estimate of drug-likeness (QED) is 0.854. The fraction of sp³-hybridized carbons (Fsp3) is 0.263. The van der Waals surface area contributed by atoms with E-state index in [2.05, 4.69) is 5.32 Å². The van der Waals surface area contributed by atoms with E-state index in [0.717, 1.165) is 11.1 Å². The third kappa shape index (κ3) is 4.35. The first kappa shape index (κ1) is 17.5. The van der Waals surface area contributed by atoms with Crippen LogP contribution in [0.2, 0.25) is 0 Å². The lowest BCUT2D eigenvalue weighted by molar-refractivity contribution is -0.123. The molecule has 1 atom stereocenters. The molecule has 5 nitrogen and oxygen atoms in total. The number of nitrogens with one attached hydrogen (secondary N) is 1. The second kappa shape index (κ2) is 7.64. The summed E-state index contributed by atoms with van der Waals surface area (Å²) in [5.74, 6) is -0.403. The molecule has 0 aliphatic carbocycles. The number of hydrogen-bond donors (Lipinski definition) is 1. The van der Waals surface area contributed by atoms with Crippen molar-refractivity contribution in [1.82, 2.24) is 0 Å². The van der Waals surface area contributed by atoms with Gasteiger partial charge in [-0.3, -0.25) is 4.79 Å². The van der Waals surface area contributed by atoms with Crippen molar-refractivity contribution in [3.63, 3.8) is 0 Å². The van der Waals surface area contributed by atoms with Crippen molar-refractivity contribution >= 4 is 17.6 Å². The normalized spacial score (nSPS) is 11.5. The van der Waals surface area contributed by atoms with Gasteiger partial charge in [-0.2, -0.15) is 0 Å². The van der Waals surface area contributed by atoms with Crippen LogP contribution >= 0.6 is 0 Å². The van der Waals surface area contributed by atoms with Gasteiger partial charge in [-0.25, -0.2) is 4.79 Å². The number of benzene rings is 2. The molecule has 2 aromatic carbocycles. The summed E-state index contributed by atoms with van der Waals surface area (Å²) in [5.41, 5.74) is 2.98. The highest BCUT2D eigenvalue weighted by molar-refractivity contribution is 5.98. The SMILES string of the molecule is COc1ccc(C)cc1NC(=O)C(C)OC(=O)c1ccc(C)cc1. The highest BCUT2D eigenvalue weighted by atomic mass is 16.5. The smallest absolute Gasteiger partial charge is 0.338 e. The molecule has 0 spiro atoms. The van der Waals surface area contributed by atoms with E-state index in [1.807, 2.05) is 32.0 Å². The van der Waals surface area contributed by atoms with E-state index in [9.17, 15) is 9.59 Å². The predicted molar refractivity (Wildman–Crippen MR) is 92.4 cm³/mol. The zero-order chi connectivity index (χ0) is 17.7. The number of carbonyl (C=O) groups excluding carboxylic acids is 2. The third-order valence-electron chi connectivity index (χ3n) is 3.55. The van der Waals surface area contributed by atoms with E-state index in [1.165, 1.54) is 14.0 Å². The minimum atomic E-state index is -0.927. The molecule has 0 bridgehead atoms. The van der Waals surface area contributed by atoms with Crippen molar-refractivity contribution in [2.75, 3.05) is 12.4 Å². The van der Waals surface area contributed by atoms with Crippen molar-refractivity contribution < 1.29 is 19.1 Å². The Morgan fingerprint density at radius 3 is 2.25 bits per heavy atom. The Labute approximate surface area is 141 Å². The molecule has 24 heavy (non-hydrogen) atoms. The molecule has 0 fully saturated rings. The van der Waals surface area contributed by atoms with E-state index in [1.54, 1.807) is 24.3 Å². The van der Waals surface area contributed by atoms with Gasteiger partial charge >= 0.3 is 5.97 Å². The van der Waals surface area contributed by atoms with Gasteiger partial charge in [-0.05, 0) is 50.6 Å². The van der Waals surface area contributed by atoms with Crippen LogP contribution in [0.4, 0.5) is 5.69 Å². The Hall–Kier alpha value is -2.82. The van der Waals surface area contributed by atoms with Crippen molar-refractivity contribution in [3.05, 3.63) is 59.2 Å². The summed E-state index contributed by atoms with van der Waals surface area (Å²) in [6.07, 6.45) is -0.927. The third-order valence-corrected chi connectivity index (χ3v) is 3.55. The molecule has 0 aromatic heterocycles. The number of rotatable bonds is 5. The minimum Gasteiger partial charge on any atom is -0.495 e. The number of amides is 1. The predicted octanol–water partition coefficient (Wildman–Crippen LogP) is 3.50. The summed E-state index contributed by atoms with van der Waals surface area (Å²) in [6.45, 7) is 5.38. The molecule has 2 aromatic rings. The fourth-order valence-corrected chi connectivity index (χ4v) is 2.13. The molecule has 1 unspecified atom stereocenters. The van der Waals surface area contributed by atoms with E-state index < -0.39 is 18.0 Å². The summed E-state index contributed by atoms with van der Waals surface area (Å²) in [6, 6.07) is 12.4. The molecule has 2 rings (SSSR count). The number of esters is 1. The van der Waals surface area contributed by atoms with Crippen molar-refractivity contribution in [2.24, 2.45) is 0 Å². The van der Waals surface area contributed by atoms with E-state index in [-0.39, 0.29) is 0 Å². The fourth-order valence-electron chi connectivity index (χ4n) is 2.13. The highest BCUT2D eigenvalue weighted by Crippen LogP contribution is 2.25. The maximum Gasteiger partial charge on any atom is 0.338 e. The molecule has 0 saturated carbocycles. The van der Waals surface area contributed by atoms with Crippen LogP contribution in [0.1, 0.15) is 28.4 Å². The molecular weight excluding hydrogens is 306 g/mol. The van der Waals surface area contributed by atoms with E-state index in [4.69, 9.17) is 9.47 Å². The lowest BCUT2D eigenvalue weighted by atomic mass is 10.1. The Bertz CT molecular complexity index is 738. The zero-order valence-corrected chi connectivity index (χ0v) is 14.3. The first-order chi connectivity index (χ1) is 11.4. The van der Waals surface area contributed by atoms with Crippen LogP contribution < -0.4 is 10.1 Å². The van der Waals surface area contributed by atoms with Gasteiger partial charge in [0.1, 0.15) is 5.75 Å². The topological polar surface area (TPSA) is 64.6 Å². The Morgan fingerprint density at radius 2 is 1.62 bits per heavy atom. The van der Waals surface area contributed by atoms with Crippen LogP contribution in [0.15, 0.2) is 42.5 Å². The number of hydrogen-bond acceptors (Lipinski definition) is 4. The maximum absolute atomic E-state index is 12.3. The van der Waals surface area contributed by atoms with Gasteiger partial charge in [0, 0.05) is 0 Å². The first-order valence-electron chi connectivity index (χ1n) is 7.64. The van der Waals surface area contributed by atoms with Crippen LogP contribution in [0.5, 0.6) is 5.75 Å². The van der Waals surface area contributed by atoms with Gasteiger partial charge in [0.2, 0.25) is 0 Å². The molecule has 0 aliphatic heterocycles. The van der Waals surface area contributed by atoms with E-state index >= 15 is 0 Å². The summed E-state index contributed by atoms with van der Waals surface area (Å²) in [5, 5.41) is 2.73. The van der Waals surface area contributed by atoms with Gasteiger partial charge in [-0.15, -0.1) is 0 Å². The highest BCUT2D eigenvalue weighted by Gasteiger charge is 2.20. The summed E-state index contributed by atoms with van der Waals surface area (Å²) in [4.78, 5) is 24.3. The van der Waals surface area contributed by atoms with Gasteiger partial charge in [0.25, 0.3) is 5.91 Å². The molecular formula is C19H21NO4. The van der Waals surface area contributed by atoms with E-state index in [0.29, 0.717) is 17.0 Å². The second-order valence-electron chi connectivity index (χ2n) is 5.61. The molecule has 0 aliphatic rings. The second-order valence-corrected chi connectivity index (χ2v) is 5.61. The number of anilines is 1. The van der Waals surface area contributed by atoms with Gasteiger partial charge in [-0.1, -0.05) is 23.8 Å². The monoisotopic (exact) mass is 327 g/mol. The molecule has 1 N–H and O–H groups in total. The minimum absolute atomic E-state index is 0.411. The molecule has 1 amide bonds. The van der Waals surface area contributed by atoms with Crippen LogP contribution in [0.25, 0.3) is 0 Å². The Morgan fingerprint density at radius 1 is 1.00 bits per heavy atom. The zero-order valence-electron chi connectivity index (χ0n) is 14.3. The van der Waals surface area contributed by atoms with Crippen LogP contribution in [-0.4, -0.2) is 25.1 Å². The summed E-state index contributed by atoms with van der Waals surface area (Å²) in [7, 11) is 1.53. The van der Waals surface area contributed by atoms with Crippen LogP contribution in [0.3, 0.4) is 0 Å². The molecule has 5 heteroatoms. The molecule has 0 radical (unpaired) electrons. The number of methoxy groups -OCH3 is 1. The van der Waals surface area contributed by atoms with Crippen molar-refractivity contribution in [1.29, 1.82) is 0 Å². The van der Waals surface area contributed by atoms with Crippen LogP contribution in [-0.2, 0) is 9.53 Å². The molecule has 0 heterocycles. The molecule has 126 valence electrons. The van der Waals surface area contributed by atoms with Crippen LogP contribution in [0, 0.1) is 13.8 Å². The number of ether oxygens (including phenoxy) is 2. The van der Waals surface area contributed by atoms with Crippen molar-refractivity contribution in [3.8, 4) is 5.75 Å². The van der Waals surface area contributed by atoms with Gasteiger partial charge in [0.15, 0.2) is 6.10 Å². The Balaban J connectivity index is 2.03. The largest absolute Gasteiger partial charge is 0.495 e. The Kier molecular flexibility index (Phi) is 5.58. The van der Waals surface area contributed by atoms with Gasteiger partial charge in [0.05, 0.1) is 18.4 Å². The van der Waals surface area contributed by atoms with Gasteiger partial charge < -0.3 is 14.8 Å². The average molecular weight is 327 g/mol. The standard InChI is InChI=1S/C19H21NO4/c1-12-5-8-15(9-6-12)19(22)24-14(3)18(21)20-16-11-13(2)7-10-17(16)23-4/h5-11,14H,1-4H3,(H,20,21). The number of aryl methyl sites for hydroxylation is 2. The lowest BCUT2D eigenvalue weighted by Crippen LogP contribution is -2.30.